The summed E-state index contributed by atoms with van der Waals surface area (Å²) >= 11 is 0. The second-order valence-corrected chi connectivity index (χ2v) is 15.3. The molecule has 0 heterocycles. The first-order valence-corrected chi connectivity index (χ1v) is 18.6. The monoisotopic (exact) mass is 647 g/mol. The molecule has 2 rings (SSSR count). The van der Waals surface area contributed by atoms with Gasteiger partial charge < -0.3 is 25.7 Å². The topological polar surface area (TPSA) is 136 Å². The van der Waals surface area contributed by atoms with E-state index in [-0.39, 0.29) is 30.3 Å². The normalized spacial score (nSPS) is 17.7. The molecule has 0 aliphatic heterocycles. The van der Waals surface area contributed by atoms with Crippen LogP contribution < -0.4 is 10.6 Å². The number of carbonyl (C=O) groups is 2. The third-order valence-corrected chi connectivity index (χ3v) is 10.6. The van der Waals surface area contributed by atoms with Gasteiger partial charge in [0.2, 0.25) is 11.8 Å². The summed E-state index contributed by atoms with van der Waals surface area (Å²) in [6.07, 6.45) is 9.72. The van der Waals surface area contributed by atoms with Crippen LogP contribution in [0.2, 0.25) is 0 Å². The quantitative estimate of drug-likeness (QED) is 0.160. The zero-order valence-corrected chi connectivity index (χ0v) is 28.6. The van der Waals surface area contributed by atoms with Crippen molar-refractivity contribution in [1.29, 1.82) is 0 Å². The third-order valence-electron chi connectivity index (χ3n) is 8.88. The van der Waals surface area contributed by atoms with E-state index in [1.165, 1.54) is 0 Å². The van der Waals surface area contributed by atoms with Crippen molar-refractivity contribution >= 4 is 21.7 Å². The van der Waals surface area contributed by atoms with Gasteiger partial charge in [0.25, 0.3) is 0 Å². The summed E-state index contributed by atoms with van der Waals surface area (Å²) in [5, 5.41) is 27.6. The molecule has 2 amide bonds. The molecule has 0 bridgehead atoms. The van der Waals surface area contributed by atoms with Crippen LogP contribution in [-0.4, -0.2) is 90.8 Å². The van der Waals surface area contributed by atoms with Crippen molar-refractivity contribution in [2.45, 2.75) is 110 Å². The number of aliphatic hydroxyl groups is 2. The van der Waals surface area contributed by atoms with E-state index in [4.69, 9.17) is 6.42 Å². The predicted octanol–water partition coefficient (Wildman–Crippen LogP) is 3.33. The maximum absolute atomic E-state index is 13.7. The first-order valence-electron chi connectivity index (χ1n) is 16.8. The van der Waals surface area contributed by atoms with Crippen molar-refractivity contribution in [3.05, 3.63) is 35.9 Å². The van der Waals surface area contributed by atoms with Gasteiger partial charge in [0.15, 0.2) is 9.84 Å². The molecule has 0 saturated heterocycles. The minimum Gasteiger partial charge on any atom is -0.390 e. The first kappa shape index (κ1) is 38.7. The summed E-state index contributed by atoms with van der Waals surface area (Å²) in [6, 6.07) is 7.36. The van der Waals surface area contributed by atoms with E-state index in [0.29, 0.717) is 25.3 Å². The molecule has 254 valence electrons. The summed E-state index contributed by atoms with van der Waals surface area (Å²) in [6.45, 7) is 9.70. The number of aliphatic hydroxyl groups excluding tert-OH is 2. The molecule has 1 saturated carbocycles. The molecule has 5 atom stereocenters. The molecule has 1 aromatic rings. The van der Waals surface area contributed by atoms with Crippen LogP contribution in [0.25, 0.3) is 0 Å². The Morgan fingerprint density at radius 3 is 2.24 bits per heavy atom. The molecule has 1 aliphatic carbocycles. The Hall–Kier alpha value is -2.45. The lowest BCUT2D eigenvalue weighted by Gasteiger charge is -2.33. The van der Waals surface area contributed by atoms with E-state index in [9.17, 15) is 28.2 Å². The van der Waals surface area contributed by atoms with Crippen LogP contribution in [-0.2, 0) is 25.8 Å². The smallest absolute Gasteiger partial charge is 0.243 e. The van der Waals surface area contributed by atoms with Crippen molar-refractivity contribution in [3.63, 3.8) is 0 Å². The first-order chi connectivity index (χ1) is 21.4. The van der Waals surface area contributed by atoms with Crippen molar-refractivity contribution in [2.75, 3.05) is 31.1 Å². The van der Waals surface area contributed by atoms with Gasteiger partial charge in [-0.3, -0.25) is 9.59 Å². The largest absolute Gasteiger partial charge is 0.390 e. The number of hydrogen-bond acceptors (Lipinski definition) is 7. The van der Waals surface area contributed by atoms with Crippen LogP contribution in [0.1, 0.15) is 84.6 Å². The maximum atomic E-state index is 13.7. The maximum Gasteiger partial charge on any atom is 0.243 e. The summed E-state index contributed by atoms with van der Waals surface area (Å²) in [5.74, 6) is 0.440. The Labute approximate surface area is 271 Å². The standard InChI is InChI=1S/C35H57N3O6S/c1-6-15-30(35(42)37-31(24-28-18-13-10-14-19-28)33(40)32(39)22-26(4)5)36-34(41)29(23-27-16-11-9-12-17-27)25-45(43,44)21-20-38(7-2)8-3/h1,9,11-12,16-17,26,28-33,39-40H,7-8,10,13-15,18-25H2,2-5H3,(H,36,41)(H,37,42)/t29-,30+,31?,32+,33-/m1/s1. The molecule has 1 aliphatic rings. The van der Waals surface area contributed by atoms with Crippen molar-refractivity contribution in [3.8, 4) is 12.3 Å². The molecular weight excluding hydrogens is 590 g/mol. The van der Waals surface area contributed by atoms with Crippen molar-refractivity contribution in [1.82, 2.24) is 15.5 Å². The zero-order chi connectivity index (χ0) is 33.4. The number of nitrogens with one attached hydrogen (secondary N) is 2. The average Bonchev–Trinajstić information content (AvgIpc) is 3.00. The minimum absolute atomic E-state index is 0.0685. The molecular formula is C35H57N3O6S. The number of rotatable bonds is 20. The highest BCUT2D eigenvalue weighted by Crippen LogP contribution is 2.29. The highest BCUT2D eigenvalue weighted by molar-refractivity contribution is 7.91. The molecule has 9 nitrogen and oxygen atoms in total. The molecule has 10 heteroatoms. The van der Waals surface area contributed by atoms with Crippen LogP contribution in [0.5, 0.6) is 0 Å². The number of carbonyl (C=O) groups excluding carboxylic acids is 2. The van der Waals surface area contributed by atoms with E-state index in [1.807, 2.05) is 62.9 Å². The summed E-state index contributed by atoms with van der Waals surface area (Å²) in [7, 11) is -3.60. The third kappa shape index (κ3) is 14.2. The fraction of sp³-hybridized carbons (Fsp3) is 0.714. The molecule has 0 radical (unpaired) electrons. The van der Waals surface area contributed by atoms with Gasteiger partial charge in [-0.25, -0.2) is 8.42 Å². The fourth-order valence-electron chi connectivity index (χ4n) is 6.18. The Bertz CT molecular complexity index is 1160. The summed E-state index contributed by atoms with van der Waals surface area (Å²) in [4.78, 5) is 29.4. The van der Waals surface area contributed by atoms with Gasteiger partial charge in [0.1, 0.15) is 12.1 Å². The van der Waals surface area contributed by atoms with E-state index in [2.05, 4.69) is 16.6 Å². The Balaban J connectivity index is 2.24. The second-order valence-electron chi connectivity index (χ2n) is 13.0. The van der Waals surface area contributed by atoms with E-state index in [0.717, 1.165) is 50.8 Å². The summed E-state index contributed by atoms with van der Waals surface area (Å²) < 4.78 is 26.4. The van der Waals surface area contributed by atoms with E-state index >= 15 is 0 Å². The number of nitrogens with zero attached hydrogens (tertiary/aromatic N) is 1. The lowest BCUT2D eigenvalue weighted by atomic mass is 9.82. The molecule has 1 fully saturated rings. The van der Waals surface area contributed by atoms with Gasteiger partial charge in [-0.15, -0.1) is 12.3 Å². The van der Waals surface area contributed by atoms with Gasteiger partial charge in [0.05, 0.1) is 29.6 Å². The molecule has 45 heavy (non-hydrogen) atoms. The number of amides is 2. The lowest BCUT2D eigenvalue weighted by Crippen LogP contribution is -2.56. The molecule has 0 aromatic heterocycles. The average molecular weight is 648 g/mol. The van der Waals surface area contributed by atoms with Crippen LogP contribution in [0.15, 0.2) is 30.3 Å². The van der Waals surface area contributed by atoms with Gasteiger partial charge in [-0.2, -0.15) is 0 Å². The molecule has 1 aromatic carbocycles. The zero-order valence-electron chi connectivity index (χ0n) is 27.8. The lowest BCUT2D eigenvalue weighted by molar-refractivity contribution is -0.132. The Kier molecular flexibility index (Phi) is 17.2. The highest BCUT2D eigenvalue weighted by Gasteiger charge is 2.34. The Morgan fingerprint density at radius 1 is 1.02 bits per heavy atom. The predicted molar refractivity (Wildman–Crippen MR) is 180 cm³/mol. The fourth-order valence-corrected chi connectivity index (χ4v) is 7.77. The van der Waals surface area contributed by atoms with E-state index in [1.54, 1.807) is 0 Å². The van der Waals surface area contributed by atoms with Gasteiger partial charge in [-0.1, -0.05) is 90.1 Å². The van der Waals surface area contributed by atoms with Crippen LogP contribution in [0.4, 0.5) is 0 Å². The van der Waals surface area contributed by atoms with Crippen molar-refractivity contribution in [2.24, 2.45) is 17.8 Å². The van der Waals surface area contributed by atoms with Gasteiger partial charge in [-0.05, 0) is 49.8 Å². The van der Waals surface area contributed by atoms with Crippen LogP contribution in [0.3, 0.4) is 0 Å². The van der Waals surface area contributed by atoms with Gasteiger partial charge >= 0.3 is 0 Å². The highest BCUT2D eigenvalue weighted by atomic mass is 32.2. The number of benzene rings is 1. The molecule has 1 unspecified atom stereocenters. The van der Waals surface area contributed by atoms with Crippen molar-refractivity contribution < 1.29 is 28.2 Å². The van der Waals surface area contributed by atoms with Crippen LogP contribution >= 0.6 is 0 Å². The van der Waals surface area contributed by atoms with Gasteiger partial charge in [0, 0.05) is 13.0 Å². The second kappa shape index (κ2) is 19.9. The minimum atomic E-state index is -3.60. The van der Waals surface area contributed by atoms with E-state index < -0.39 is 51.9 Å². The van der Waals surface area contributed by atoms with Crippen LogP contribution in [0, 0.1) is 30.1 Å². The Morgan fingerprint density at radius 2 is 1.67 bits per heavy atom. The molecule has 4 N–H and O–H groups in total. The molecule has 0 spiro atoms. The number of terminal acetylenes is 1. The summed E-state index contributed by atoms with van der Waals surface area (Å²) in [5.41, 5.74) is 0.810. The SMILES string of the molecule is C#CC[C@H](NC(=O)[C@H](Cc1ccccc1)CS(=O)(=O)CCN(CC)CC)C(=O)NC(CC1CCCCC1)[C@@H](O)[C@@H](O)CC(C)C. The number of sulfone groups is 1. The number of hydrogen-bond donors (Lipinski definition) is 4.